The molecule has 0 heterocycles. The van der Waals surface area contributed by atoms with Crippen molar-refractivity contribution in [3.63, 3.8) is 0 Å². The molecule has 0 fully saturated rings. The van der Waals surface area contributed by atoms with Crippen molar-refractivity contribution in [3.8, 4) is 22.6 Å². The first-order valence-electron chi connectivity index (χ1n) is 11.7. The Balaban J connectivity index is 0.000000109. The van der Waals surface area contributed by atoms with E-state index < -0.39 is 0 Å². The summed E-state index contributed by atoms with van der Waals surface area (Å²) in [5.74, 6) is 0.700. The molecule has 0 amide bonds. The lowest BCUT2D eigenvalue weighted by atomic mass is 10.1. The molecule has 0 aliphatic heterocycles. The molecular weight excluding hydrogens is 428 g/mol. The van der Waals surface area contributed by atoms with E-state index in [1.54, 1.807) is 12.1 Å². The second-order valence-electron chi connectivity index (χ2n) is 8.49. The van der Waals surface area contributed by atoms with Crippen LogP contribution in [0.2, 0.25) is 0 Å². The Morgan fingerprint density at radius 3 is 1.20 bits per heavy atom. The highest BCUT2D eigenvalue weighted by Gasteiger charge is 2.15. The third kappa shape index (κ3) is 4.87. The molecular formula is C33H26O2. The first-order chi connectivity index (χ1) is 17.2. The van der Waals surface area contributed by atoms with Gasteiger partial charge in [0.05, 0.1) is 0 Å². The summed E-state index contributed by atoms with van der Waals surface area (Å²) in [4.78, 5) is 0. The van der Waals surface area contributed by atoms with Crippen molar-refractivity contribution in [2.24, 2.45) is 0 Å². The van der Waals surface area contributed by atoms with Crippen LogP contribution in [0.25, 0.3) is 32.7 Å². The fraction of sp³-hybridized carbons (Fsp3) is 0.0303. The van der Waals surface area contributed by atoms with Crippen molar-refractivity contribution in [2.45, 2.75) is 6.42 Å². The maximum atomic E-state index is 9.37. The third-order valence-electron chi connectivity index (χ3n) is 6.24. The van der Waals surface area contributed by atoms with E-state index in [2.05, 4.69) is 48.5 Å². The first-order valence-corrected chi connectivity index (χ1v) is 11.7. The SMILES string of the molecule is Oc1cccc2ccccc12.Oc1cccc2ccccc12.c1ccc2c(c1)Cc1ccccc1-2. The average molecular weight is 455 g/mol. The molecule has 2 N–H and O–H groups in total. The lowest BCUT2D eigenvalue weighted by molar-refractivity contribution is 0.481. The van der Waals surface area contributed by atoms with E-state index in [0.717, 1.165) is 28.0 Å². The molecule has 2 heteroatoms. The van der Waals surface area contributed by atoms with Gasteiger partial charge in [-0.15, -0.1) is 0 Å². The van der Waals surface area contributed by atoms with E-state index in [1.165, 1.54) is 22.3 Å². The molecule has 7 rings (SSSR count). The van der Waals surface area contributed by atoms with Crippen LogP contribution in [-0.4, -0.2) is 10.2 Å². The normalized spacial score (nSPS) is 11.0. The Morgan fingerprint density at radius 1 is 0.371 bits per heavy atom. The van der Waals surface area contributed by atoms with Crippen LogP contribution in [0, 0.1) is 0 Å². The molecule has 0 unspecified atom stereocenters. The number of hydrogen-bond acceptors (Lipinski definition) is 2. The zero-order chi connectivity index (χ0) is 24.0. The van der Waals surface area contributed by atoms with Crippen molar-refractivity contribution in [3.05, 3.63) is 145 Å². The molecule has 1 aliphatic carbocycles. The van der Waals surface area contributed by atoms with E-state index >= 15 is 0 Å². The predicted molar refractivity (Wildman–Crippen MR) is 146 cm³/mol. The molecule has 0 radical (unpaired) electrons. The zero-order valence-electron chi connectivity index (χ0n) is 19.3. The molecule has 35 heavy (non-hydrogen) atoms. The second-order valence-corrected chi connectivity index (χ2v) is 8.49. The molecule has 0 saturated carbocycles. The summed E-state index contributed by atoms with van der Waals surface area (Å²) >= 11 is 0. The van der Waals surface area contributed by atoms with Gasteiger partial charge in [-0.05, 0) is 51.6 Å². The van der Waals surface area contributed by atoms with Crippen LogP contribution >= 0.6 is 0 Å². The quantitative estimate of drug-likeness (QED) is 0.242. The lowest BCUT2D eigenvalue weighted by Crippen LogP contribution is -1.77. The van der Waals surface area contributed by atoms with Gasteiger partial charge in [0.2, 0.25) is 0 Å². The molecule has 0 bridgehead atoms. The standard InChI is InChI=1S/C13H10.2C10H8O/c1-3-7-12-10(5-1)9-11-6-2-4-8-13(11)12;2*11-10-7-3-5-8-4-1-2-6-9(8)10/h1-8H,9H2;2*1-7,11H. The summed E-state index contributed by atoms with van der Waals surface area (Å²) in [7, 11) is 0. The topological polar surface area (TPSA) is 40.5 Å². The van der Waals surface area contributed by atoms with Crippen molar-refractivity contribution in [1.82, 2.24) is 0 Å². The van der Waals surface area contributed by atoms with Crippen LogP contribution in [-0.2, 0) is 6.42 Å². The van der Waals surface area contributed by atoms with E-state index in [-0.39, 0.29) is 0 Å². The predicted octanol–water partition coefficient (Wildman–Crippen LogP) is 8.35. The highest BCUT2D eigenvalue weighted by molar-refractivity contribution is 5.88. The highest BCUT2D eigenvalue weighted by atomic mass is 16.3. The van der Waals surface area contributed by atoms with Crippen LogP contribution in [0.4, 0.5) is 0 Å². The lowest BCUT2D eigenvalue weighted by Gasteiger charge is -1.98. The Hall–Kier alpha value is -4.56. The van der Waals surface area contributed by atoms with Gasteiger partial charge in [-0.3, -0.25) is 0 Å². The number of phenols is 2. The fourth-order valence-electron chi connectivity index (χ4n) is 4.50. The van der Waals surface area contributed by atoms with Crippen molar-refractivity contribution in [1.29, 1.82) is 0 Å². The third-order valence-corrected chi connectivity index (χ3v) is 6.24. The molecule has 6 aromatic rings. The molecule has 6 aromatic carbocycles. The minimum Gasteiger partial charge on any atom is -0.507 e. The monoisotopic (exact) mass is 454 g/mol. The highest BCUT2D eigenvalue weighted by Crippen LogP contribution is 2.35. The van der Waals surface area contributed by atoms with E-state index in [4.69, 9.17) is 0 Å². The fourth-order valence-corrected chi connectivity index (χ4v) is 4.50. The van der Waals surface area contributed by atoms with Gasteiger partial charge in [0.1, 0.15) is 11.5 Å². The summed E-state index contributed by atoms with van der Waals surface area (Å²) < 4.78 is 0. The van der Waals surface area contributed by atoms with E-state index in [9.17, 15) is 10.2 Å². The number of phenolic OH excluding ortho intramolecular Hbond substituents is 2. The van der Waals surface area contributed by atoms with Gasteiger partial charge in [-0.25, -0.2) is 0 Å². The number of fused-ring (bicyclic) bond motifs is 5. The molecule has 0 atom stereocenters. The summed E-state index contributed by atoms with van der Waals surface area (Å²) in [6.07, 6.45) is 1.10. The van der Waals surface area contributed by atoms with Gasteiger partial charge in [-0.2, -0.15) is 0 Å². The van der Waals surface area contributed by atoms with Gasteiger partial charge in [0, 0.05) is 10.8 Å². The summed E-state index contributed by atoms with van der Waals surface area (Å²) in [5, 5.41) is 22.7. The molecule has 0 spiro atoms. The van der Waals surface area contributed by atoms with Gasteiger partial charge < -0.3 is 10.2 Å². The van der Waals surface area contributed by atoms with Gasteiger partial charge in [0.25, 0.3) is 0 Å². The van der Waals surface area contributed by atoms with E-state index in [0.29, 0.717) is 11.5 Å². The summed E-state index contributed by atoms with van der Waals surface area (Å²) in [5.41, 5.74) is 5.75. The van der Waals surface area contributed by atoms with Crippen LogP contribution in [0.3, 0.4) is 0 Å². The largest absolute Gasteiger partial charge is 0.507 e. The Bertz CT molecular complexity index is 1470. The van der Waals surface area contributed by atoms with Gasteiger partial charge >= 0.3 is 0 Å². The molecule has 2 nitrogen and oxygen atoms in total. The molecule has 170 valence electrons. The van der Waals surface area contributed by atoms with Crippen molar-refractivity contribution >= 4 is 21.5 Å². The Labute approximate surface area is 205 Å². The molecule has 1 aliphatic rings. The zero-order valence-corrected chi connectivity index (χ0v) is 19.3. The van der Waals surface area contributed by atoms with Crippen molar-refractivity contribution in [2.75, 3.05) is 0 Å². The minimum atomic E-state index is 0.350. The van der Waals surface area contributed by atoms with Crippen LogP contribution in [0.15, 0.2) is 133 Å². The smallest absolute Gasteiger partial charge is 0.123 e. The summed E-state index contributed by atoms with van der Waals surface area (Å²) in [6, 6.07) is 43.9. The van der Waals surface area contributed by atoms with Gasteiger partial charge in [-0.1, -0.05) is 121 Å². The minimum absolute atomic E-state index is 0.350. The number of rotatable bonds is 0. The van der Waals surface area contributed by atoms with E-state index in [1.807, 2.05) is 72.8 Å². The maximum absolute atomic E-state index is 9.37. The van der Waals surface area contributed by atoms with Crippen LogP contribution < -0.4 is 0 Å². The van der Waals surface area contributed by atoms with Gasteiger partial charge in [0.15, 0.2) is 0 Å². The van der Waals surface area contributed by atoms with Crippen LogP contribution in [0.1, 0.15) is 11.1 Å². The Kier molecular flexibility index (Phi) is 6.45. The number of hydrogen-bond donors (Lipinski definition) is 2. The van der Waals surface area contributed by atoms with Crippen LogP contribution in [0.5, 0.6) is 11.5 Å². The molecule has 0 saturated heterocycles. The summed E-state index contributed by atoms with van der Waals surface area (Å²) in [6.45, 7) is 0. The first kappa shape index (κ1) is 22.2. The maximum Gasteiger partial charge on any atom is 0.123 e. The average Bonchev–Trinajstić information content (AvgIpc) is 3.29. The second kappa shape index (κ2) is 10.1. The Morgan fingerprint density at radius 2 is 0.743 bits per heavy atom. The van der Waals surface area contributed by atoms with Crippen molar-refractivity contribution < 1.29 is 10.2 Å². The molecule has 0 aromatic heterocycles. The number of benzene rings is 6. The number of aromatic hydroxyl groups is 2.